The van der Waals surface area contributed by atoms with Crippen LogP contribution in [0.1, 0.15) is 33.6 Å². The van der Waals surface area contributed by atoms with Crippen molar-refractivity contribution in [2.24, 2.45) is 5.92 Å². The molecule has 1 heterocycles. The smallest absolute Gasteiger partial charge is 0.199 e. The van der Waals surface area contributed by atoms with E-state index in [1.165, 1.54) is 5.57 Å². The number of rotatable bonds is 3. The van der Waals surface area contributed by atoms with Crippen LogP contribution in [0.15, 0.2) is 11.8 Å². The van der Waals surface area contributed by atoms with Gasteiger partial charge < -0.3 is 9.47 Å². The summed E-state index contributed by atoms with van der Waals surface area (Å²) >= 11 is 0. The minimum Gasteiger partial charge on any atom is -0.473 e. The lowest BCUT2D eigenvalue weighted by atomic mass is 10.1. The van der Waals surface area contributed by atoms with Gasteiger partial charge in [-0.15, -0.1) is 0 Å². The fourth-order valence-electron chi connectivity index (χ4n) is 1.09. The molecule has 1 atom stereocenters. The molecule has 1 aliphatic rings. The van der Waals surface area contributed by atoms with E-state index in [0.29, 0.717) is 5.92 Å². The average molecular weight is 170 g/mol. The molecule has 2 heteroatoms. The van der Waals surface area contributed by atoms with E-state index in [1.54, 1.807) is 0 Å². The fraction of sp³-hybridized carbons (Fsp3) is 0.800. The molecule has 0 aromatic heterocycles. The molecule has 0 bridgehead atoms. The highest BCUT2D eigenvalue weighted by atomic mass is 16.7. The Bertz CT molecular complexity index is 161. The van der Waals surface area contributed by atoms with Crippen LogP contribution in [0.5, 0.6) is 0 Å². The maximum Gasteiger partial charge on any atom is 0.199 e. The van der Waals surface area contributed by atoms with Crippen molar-refractivity contribution in [3.8, 4) is 0 Å². The van der Waals surface area contributed by atoms with Crippen molar-refractivity contribution in [2.75, 3.05) is 6.61 Å². The summed E-state index contributed by atoms with van der Waals surface area (Å²) in [7, 11) is 0. The largest absolute Gasteiger partial charge is 0.473 e. The third-order valence-electron chi connectivity index (χ3n) is 1.81. The molecule has 0 aromatic rings. The minimum atomic E-state index is -0.00361. The standard InChI is InChI=1S/C10H18O2/c1-8(2)6-11-10-5-4-9(3)7-12-10/h7-8,10H,4-6H2,1-3H3. The van der Waals surface area contributed by atoms with Crippen LogP contribution in [-0.4, -0.2) is 12.9 Å². The summed E-state index contributed by atoms with van der Waals surface area (Å²) in [6, 6.07) is 0. The average Bonchev–Trinajstić information content (AvgIpc) is 2.03. The zero-order valence-corrected chi connectivity index (χ0v) is 8.17. The number of ether oxygens (including phenoxy) is 2. The second-order valence-corrected chi connectivity index (χ2v) is 3.80. The molecule has 0 radical (unpaired) electrons. The molecular formula is C10H18O2. The van der Waals surface area contributed by atoms with Crippen molar-refractivity contribution < 1.29 is 9.47 Å². The number of hydrogen-bond acceptors (Lipinski definition) is 2. The van der Waals surface area contributed by atoms with E-state index in [0.717, 1.165) is 19.4 Å². The van der Waals surface area contributed by atoms with Crippen molar-refractivity contribution in [1.29, 1.82) is 0 Å². The molecule has 1 unspecified atom stereocenters. The van der Waals surface area contributed by atoms with E-state index in [2.05, 4.69) is 20.8 Å². The molecule has 70 valence electrons. The lowest BCUT2D eigenvalue weighted by Gasteiger charge is -2.22. The van der Waals surface area contributed by atoms with Crippen LogP contribution >= 0.6 is 0 Å². The molecule has 0 fully saturated rings. The summed E-state index contributed by atoms with van der Waals surface area (Å²) in [5, 5.41) is 0. The summed E-state index contributed by atoms with van der Waals surface area (Å²) in [6.07, 6.45) is 3.91. The fourth-order valence-corrected chi connectivity index (χ4v) is 1.09. The van der Waals surface area contributed by atoms with Gasteiger partial charge in [-0.25, -0.2) is 0 Å². The number of hydrogen-bond donors (Lipinski definition) is 0. The first-order valence-corrected chi connectivity index (χ1v) is 4.61. The highest BCUT2D eigenvalue weighted by molar-refractivity contribution is 4.95. The molecule has 0 amide bonds. The first-order valence-electron chi connectivity index (χ1n) is 4.61. The Morgan fingerprint density at radius 2 is 2.42 bits per heavy atom. The summed E-state index contributed by atoms with van der Waals surface area (Å²) < 4.78 is 10.9. The predicted molar refractivity (Wildman–Crippen MR) is 48.7 cm³/mol. The lowest BCUT2D eigenvalue weighted by molar-refractivity contribution is -0.123. The van der Waals surface area contributed by atoms with E-state index < -0.39 is 0 Å². The van der Waals surface area contributed by atoms with Crippen molar-refractivity contribution >= 4 is 0 Å². The van der Waals surface area contributed by atoms with Gasteiger partial charge in [0.2, 0.25) is 0 Å². The Morgan fingerprint density at radius 3 is 2.92 bits per heavy atom. The van der Waals surface area contributed by atoms with Crippen LogP contribution in [0.25, 0.3) is 0 Å². The van der Waals surface area contributed by atoms with Gasteiger partial charge in [0.15, 0.2) is 6.29 Å². The van der Waals surface area contributed by atoms with Crippen LogP contribution in [0, 0.1) is 5.92 Å². The highest BCUT2D eigenvalue weighted by Crippen LogP contribution is 2.17. The van der Waals surface area contributed by atoms with Gasteiger partial charge in [0.25, 0.3) is 0 Å². The maximum absolute atomic E-state index is 5.53. The zero-order valence-electron chi connectivity index (χ0n) is 8.17. The molecule has 0 N–H and O–H groups in total. The van der Waals surface area contributed by atoms with E-state index >= 15 is 0 Å². The van der Waals surface area contributed by atoms with Crippen molar-refractivity contribution in [2.45, 2.75) is 39.9 Å². The Balaban J connectivity index is 2.19. The summed E-state index contributed by atoms with van der Waals surface area (Å²) in [6.45, 7) is 7.16. The van der Waals surface area contributed by atoms with Gasteiger partial charge in [-0.1, -0.05) is 13.8 Å². The Morgan fingerprint density at radius 1 is 1.67 bits per heavy atom. The molecule has 0 saturated heterocycles. The molecule has 0 aliphatic carbocycles. The maximum atomic E-state index is 5.53. The van der Waals surface area contributed by atoms with Gasteiger partial charge in [0.05, 0.1) is 12.9 Å². The van der Waals surface area contributed by atoms with Crippen molar-refractivity contribution in [3.05, 3.63) is 11.8 Å². The summed E-state index contributed by atoms with van der Waals surface area (Å²) in [5.41, 5.74) is 1.30. The monoisotopic (exact) mass is 170 g/mol. The van der Waals surface area contributed by atoms with Gasteiger partial charge in [-0.3, -0.25) is 0 Å². The topological polar surface area (TPSA) is 18.5 Å². The Labute approximate surface area is 74.6 Å². The lowest BCUT2D eigenvalue weighted by Crippen LogP contribution is -2.20. The Hall–Kier alpha value is -0.500. The van der Waals surface area contributed by atoms with Gasteiger partial charge in [0, 0.05) is 6.42 Å². The second kappa shape index (κ2) is 4.51. The van der Waals surface area contributed by atoms with Crippen LogP contribution in [-0.2, 0) is 9.47 Å². The second-order valence-electron chi connectivity index (χ2n) is 3.80. The van der Waals surface area contributed by atoms with Crippen LogP contribution < -0.4 is 0 Å². The quantitative estimate of drug-likeness (QED) is 0.648. The minimum absolute atomic E-state index is 0.00361. The van der Waals surface area contributed by atoms with Crippen molar-refractivity contribution in [3.63, 3.8) is 0 Å². The third kappa shape index (κ3) is 3.26. The summed E-state index contributed by atoms with van der Waals surface area (Å²) in [4.78, 5) is 0. The van der Waals surface area contributed by atoms with E-state index in [1.807, 2.05) is 6.26 Å². The van der Waals surface area contributed by atoms with Crippen LogP contribution in [0.4, 0.5) is 0 Å². The van der Waals surface area contributed by atoms with Crippen LogP contribution in [0.3, 0.4) is 0 Å². The van der Waals surface area contributed by atoms with E-state index in [-0.39, 0.29) is 6.29 Å². The van der Waals surface area contributed by atoms with Gasteiger partial charge in [-0.05, 0) is 24.8 Å². The highest BCUT2D eigenvalue weighted by Gasteiger charge is 2.13. The van der Waals surface area contributed by atoms with E-state index in [9.17, 15) is 0 Å². The molecular weight excluding hydrogens is 152 g/mol. The molecule has 2 nitrogen and oxygen atoms in total. The molecule has 1 aliphatic heterocycles. The third-order valence-corrected chi connectivity index (χ3v) is 1.81. The van der Waals surface area contributed by atoms with E-state index in [4.69, 9.17) is 9.47 Å². The van der Waals surface area contributed by atoms with Crippen molar-refractivity contribution in [1.82, 2.24) is 0 Å². The summed E-state index contributed by atoms with van der Waals surface area (Å²) in [5.74, 6) is 0.584. The molecule has 0 spiro atoms. The van der Waals surface area contributed by atoms with Gasteiger partial charge in [0.1, 0.15) is 0 Å². The first-order chi connectivity index (χ1) is 5.68. The normalized spacial score (nSPS) is 23.7. The van der Waals surface area contributed by atoms with Gasteiger partial charge in [-0.2, -0.15) is 0 Å². The molecule has 1 rings (SSSR count). The SMILES string of the molecule is CC1=COC(OCC(C)C)CC1. The molecule has 0 aromatic carbocycles. The van der Waals surface area contributed by atoms with Gasteiger partial charge >= 0.3 is 0 Å². The Kier molecular flexibility index (Phi) is 3.60. The zero-order chi connectivity index (χ0) is 8.97. The first kappa shape index (κ1) is 9.59. The molecule has 0 saturated carbocycles. The molecule has 12 heavy (non-hydrogen) atoms. The predicted octanol–water partition coefficient (Wildman–Crippen LogP) is 2.70. The number of allylic oxidation sites excluding steroid dienone is 1. The van der Waals surface area contributed by atoms with Crippen LogP contribution in [0.2, 0.25) is 0 Å².